The second kappa shape index (κ2) is 18.9. The number of aryl methyl sites for hydroxylation is 1. The maximum atomic E-state index is 14.7. The van der Waals surface area contributed by atoms with Gasteiger partial charge in [-0.1, -0.05) is 51.5 Å². The lowest BCUT2D eigenvalue weighted by Gasteiger charge is -2.57. The Morgan fingerprint density at radius 2 is 1.86 bits per heavy atom. The van der Waals surface area contributed by atoms with Crippen LogP contribution in [0.1, 0.15) is 124 Å². The summed E-state index contributed by atoms with van der Waals surface area (Å²) in [5.41, 5.74) is 3.17. The standard InChI is InChI=1S/C49H61FN8O7S/c1-6-48(5,60)18-9-10-21-51-46-42(58(61)62)25-34(27-52-46)66(63,64)55-47(59)38-17-16-33(24-44(38)65-43-26-39-40(50)28-53-45(39)54-32(43)4)56-22-19-49(20-23-56)29-57(30-49)41-15-11-14-37(41)36-13-8-7-12-35(36)31(2)3/h7-8,12-13,16-17,24-28,31,37,41,60H,6,9-11,14-15,18-23,29-30H2,1-5H3,(H,51,52)(H,53,54)(H,55,59)/t37-,41-,48+/m0/s1. The van der Waals surface area contributed by atoms with Gasteiger partial charge in [0.15, 0.2) is 0 Å². The molecule has 0 bridgehead atoms. The molecule has 4 N–H and O–H groups in total. The maximum Gasteiger partial charge on any atom is 0.312 e. The summed E-state index contributed by atoms with van der Waals surface area (Å²) < 4.78 is 50.5. The van der Waals surface area contributed by atoms with Crippen molar-refractivity contribution in [2.75, 3.05) is 42.9 Å². The van der Waals surface area contributed by atoms with Crippen LogP contribution in [0.3, 0.4) is 0 Å². The first-order chi connectivity index (χ1) is 31.5. The Balaban J connectivity index is 0.982. The van der Waals surface area contributed by atoms with Crippen molar-refractivity contribution in [1.29, 1.82) is 0 Å². The molecule has 2 saturated heterocycles. The number of sulfonamides is 1. The Morgan fingerprint density at radius 1 is 1.11 bits per heavy atom. The molecular weight excluding hydrogens is 864 g/mol. The minimum absolute atomic E-state index is 0.0218. The normalized spacial score (nSPS) is 19.5. The molecule has 1 amide bonds. The highest BCUT2D eigenvalue weighted by Gasteiger charge is 2.49. The molecule has 15 nitrogen and oxygen atoms in total. The number of ether oxygens (including phenoxy) is 1. The quantitative estimate of drug-likeness (QED) is 0.0393. The van der Waals surface area contributed by atoms with Gasteiger partial charge in [0.1, 0.15) is 27.9 Å². The van der Waals surface area contributed by atoms with Crippen LogP contribution in [0.25, 0.3) is 11.0 Å². The zero-order valence-corrected chi connectivity index (χ0v) is 39.2. The van der Waals surface area contributed by atoms with E-state index in [0.29, 0.717) is 61.4 Å². The number of aromatic nitrogens is 3. The van der Waals surface area contributed by atoms with Crippen LogP contribution in [0.2, 0.25) is 0 Å². The summed E-state index contributed by atoms with van der Waals surface area (Å²) in [7, 11) is -4.69. The monoisotopic (exact) mass is 924 g/mol. The first-order valence-corrected chi connectivity index (χ1v) is 24.7. The number of carbonyl (C=O) groups is 1. The third-order valence-corrected chi connectivity index (χ3v) is 15.5. The molecule has 2 aliphatic heterocycles. The van der Waals surface area contributed by atoms with E-state index in [0.717, 1.165) is 57.0 Å². The van der Waals surface area contributed by atoms with Crippen LogP contribution in [0.5, 0.6) is 11.5 Å². The van der Waals surface area contributed by atoms with E-state index in [-0.39, 0.29) is 33.7 Å². The molecule has 8 rings (SSSR count). The van der Waals surface area contributed by atoms with Gasteiger partial charge in [-0.15, -0.1) is 0 Å². The third kappa shape index (κ3) is 9.88. The molecule has 3 aliphatic rings. The molecular formula is C49H61FN8O7S. The number of amides is 1. The molecule has 0 radical (unpaired) electrons. The topological polar surface area (TPSA) is 196 Å². The van der Waals surface area contributed by atoms with E-state index < -0.39 is 42.9 Å². The first-order valence-electron chi connectivity index (χ1n) is 23.2. The summed E-state index contributed by atoms with van der Waals surface area (Å²) in [5.74, 6) is -0.481. The van der Waals surface area contributed by atoms with Gasteiger partial charge in [-0.05, 0) is 112 Å². The van der Waals surface area contributed by atoms with Crippen molar-refractivity contribution in [3.8, 4) is 11.5 Å². The van der Waals surface area contributed by atoms with Crippen molar-refractivity contribution < 1.29 is 32.4 Å². The molecule has 352 valence electrons. The number of nitro groups is 1. The smallest absolute Gasteiger partial charge is 0.312 e. The Morgan fingerprint density at radius 3 is 2.59 bits per heavy atom. The van der Waals surface area contributed by atoms with Crippen LogP contribution >= 0.6 is 0 Å². The SMILES string of the molecule is CC[C@@](C)(O)CCCCNc1ncc(S(=O)(=O)NC(=O)c2ccc(N3CCC4(CC3)CN([C@H]3CCC[C@H]3c3ccccc3C(C)C)C4)cc2Oc2cc3c(F)c[nH]c3nc2C)cc1[N+](=O)[O-]. The number of nitrogens with one attached hydrogen (secondary N) is 3. The lowest BCUT2D eigenvalue weighted by molar-refractivity contribution is -0.384. The summed E-state index contributed by atoms with van der Waals surface area (Å²) >= 11 is 0. The van der Waals surface area contributed by atoms with Gasteiger partial charge in [0, 0.05) is 62.8 Å². The second-order valence-electron chi connectivity index (χ2n) is 19.1. The average Bonchev–Trinajstić information content (AvgIpc) is 3.91. The largest absolute Gasteiger partial charge is 0.455 e. The molecule has 3 fully saturated rings. The number of rotatable bonds is 17. The Kier molecular flexibility index (Phi) is 13.4. The number of piperidine rings is 1. The number of pyridine rings is 2. The van der Waals surface area contributed by atoms with E-state index in [9.17, 15) is 32.8 Å². The van der Waals surface area contributed by atoms with Gasteiger partial charge in [-0.2, -0.15) is 0 Å². The molecule has 0 unspecified atom stereocenters. The molecule has 66 heavy (non-hydrogen) atoms. The minimum Gasteiger partial charge on any atom is -0.455 e. The van der Waals surface area contributed by atoms with Crippen LogP contribution in [-0.2, 0) is 10.0 Å². The zero-order valence-electron chi connectivity index (χ0n) is 38.4. The predicted octanol–water partition coefficient (Wildman–Crippen LogP) is 9.33. The van der Waals surface area contributed by atoms with Crippen LogP contribution < -0.4 is 19.7 Å². The number of H-pyrrole nitrogens is 1. The van der Waals surface area contributed by atoms with Crippen molar-refractivity contribution in [1.82, 2.24) is 24.6 Å². The van der Waals surface area contributed by atoms with Crippen molar-refractivity contribution in [2.24, 2.45) is 5.41 Å². The van der Waals surface area contributed by atoms with Crippen LogP contribution in [0.4, 0.5) is 21.6 Å². The van der Waals surface area contributed by atoms with Crippen molar-refractivity contribution in [3.63, 3.8) is 0 Å². The Labute approximate surface area is 385 Å². The number of anilines is 2. The summed E-state index contributed by atoms with van der Waals surface area (Å²) in [6, 6.07) is 16.8. The summed E-state index contributed by atoms with van der Waals surface area (Å²) in [4.78, 5) is 41.0. The van der Waals surface area contributed by atoms with Gasteiger partial charge in [0.25, 0.3) is 15.9 Å². The van der Waals surface area contributed by atoms with Gasteiger partial charge in [-0.3, -0.25) is 19.8 Å². The second-order valence-corrected chi connectivity index (χ2v) is 20.8. The molecule has 1 aliphatic carbocycles. The van der Waals surface area contributed by atoms with Gasteiger partial charge in [0.2, 0.25) is 5.82 Å². The number of likely N-dealkylation sites (tertiary alicyclic amines) is 1. The molecule has 3 atom stereocenters. The fourth-order valence-electron chi connectivity index (χ4n) is 10.1. The van der Waals surface area contributed by atoms with Gasteiger partial charge < -0.3 is 25.0 Å². The predicted molar refractivity (Wildman–Crippen MR) is 252 cm³/mol. The molecule has 17 heteroatoms. The number of aromatic amines is 1. The number of benzene rings is 2. The van der Waals surface area contributed by atoms with Gasteiger partial charge in [-0.25, -0.2) is 27.5 Å². The molecule has 5 aromatic rings. The fraction of sp³-hybridized carbons (Fsp3) is 0.490. The van der Waals surface area contributed by atoms with E-state index >= 15 is 0 Å². The Hall–Kier alpha value is -5.65. The molecule has 5 heterocycles. The van der Waals surface area contributed by atoms with E-state index in [2.05, 4.69) is 72.9 Å². The molecule has 2 aromatic carbocycles. The number of carbonyl (C=O) groups excluding carboxylic acids is 1. The highest BCUT2D eigenvalue weighted by atomic mass is 32.2. The van der Waals surface area contributed by atoms with Crippen molar-refractivity contribution in [3.05, 3.63) is 105 Å². The lowest BCUT2D eigenvalue weighted by atomic mass is 9.70. The van der Waals surface area contributed by atoms with E-state index in [4.69, 9.17) is 4.74 Å². The van der Waals surface area contributed by atoms with E-state index in [1.807, 2.05) is 6.92 Å². The van der Waals surface area contributed by atoms with E-state index in [1.54, 1.807) is 26.0 Å². The number of hydrogen-bond donors (Lipinski definition) is 4. The van der Waals surface area contributed by atoms with Gasteiger partial charge >= 0.3 is 5.69 Å². The number of fused-ring (bicyclic) bond motifs is 1. The molecule has 3 aromatic heterocycles. The highest BCUT2D eigenvalue weighted by molar-refractivity contribution is 7.90. The third-order valence-electron chi connectivity index (χ3n) is 14.2. The van der Waals surface area contributed by atoms with Crippen LogP contribution in [0, 0.1) is 28.3 Å². The zero-order chi connectivity index (χ0) is 47.0. The highest BCUT2D eigenvalue weighted by Crippen LogP contribution is 2.49. The van der Waals surface area contributed by atoms with E-state index in [1.165, 1.54) is 48.7 Å². The number of nitrogens with zero attached hydrogens (tertiary/aromatic N) is 5. The number of halogens is 1. The molecule has 1 spiro atoms. The fourth-order valence-corrected chi connectivity index (χ4v) is 11.0. The minimum atomic E-state index is -4.69. The summed E-state index contributed by atoms with van der Waals surface area (Å²) in [6.07, 6.45) is 10.2. The maximum absolute atomic E-state index is 14.7. The number of unbranched alkanes of at least 4 members (excludes halogenated alkanes) is 1. The first kappa shape index (κ1) is 46.9. The van der Waals surface area contributed by atoms with Crippen LogP contribution in [0.15, 0.2) is 71.9 Å². The number of aliphatic hydroxyl groups is 1. The Bertz CT molecular complexity index is 2710. The average molecular weight is 925 g/mol. The van der Waals surface area contributed by atoms with Crippen molar-refractivity contribution in [2.45, 2.75) is 121 Å². The van der Waals surface area contributed by atoms with Crippen LogP contribution in [-0.4, -0.2) is 88.6 Å². The van der Waals surface area contributed by atoms with Crippen molar-refractivity contribution >= 4 is 44.2 Å². The lowest BCUT2D eigenvalue weighted by Crippen LogP contribution is -2.63. The summed E-state index contributed by atoms with van der Waals surface area (Å²) in [6.45, 7) is 13.9. The molecule has 1 saturated carbocycles. The summed E-state index contributed by atoms with van der Waals surface area (Å²) in [5, 5.41) is 25.4. The number of hydrogen-bond acceptors (Lipinski definition) is 12. The van der Waals surface area contributed by atoms with Gasteiger partial charge in [0.05, 0.1) is 33.4 Å².